The van der Waals surface area contributed by atoms with Gasteiger partial charge in [-0.3, -0.25) is 0 Å². The van der Waals surface area contributed by atoms with Gasteiger partial charge >= 0.3 is 0 Å². The molecule has 1 fully saturated rings. The summed E-state index contributed by atoms with van der Waals surface area (Å²) in [5.74, 6) is 1.93. The smallest absolute Gasteiger partial charge is 0.240 e. The number of aliphatic hydroxyl groups excluding tert-OH is 1. The van der Waals surface area contributed by atoms with Crippen LogP contribution in [0.1, 0.15) is 38.5 Å². The molecule has 1 aromatic heterocycles. The first-order valence-corrected chi connectivity index (χ1v) is 8.16. The summed E-state index contributed by atoms with van der Waals surface area (Å²) in [6.07, 6.45) is 4.27. The zero-order chi connectivity index (χ0) is 16.1. The van der Waals surface area contributed by atoms with E-state index in [1.54, 1.807) is 0 Å². The summed E-state index contributed by atoms with van der Waals surface area (Å²) in [6, 6.07) is 7.62. The van der Waals surface area contributed by atoms with E-state index in [2.05, 4.69) is 15.5 Å². The Morgan fingerprint density at radius 1 is 1.26 bits per heavy atom. The molecule has 0 atom stereocenters. The van der Waals surface area contributed by atoms with Crippen molar-refractivity contribution in [3.63, 3.8) is 0 Å². The lowest BCUT2D eigenvalue weighted by molar-refractivity contribution is 0.158. The molecule has 1 aliphatic carbocycles. The van der Waals surface area contributed by atoms with Crippen LogP contribution in [0.25, 0.3) is 11.4 Å². The highest BCUT2D eigenvalue weighted by molar-refractivity contribution is 5.55. The average Bonchev–Trinajstić information content (AvgIpc) is 3.24. The molecular weight excluding hydrogens is 294 g/mol. The van der Waals surface area contributed by atoms with Gasteiger partial charge in [0.1, 0.15) is 5.75 Å². The largest absolute Gasteiger partial charge is 0.494 e. The maximum absolute atomic E-state index is 9.61. The highest BCUT2D eigenvalue weighted by atomic mass is 16.5. The van der Waals surface area contributed by atoms with Gasteiger partial charge in [-0.05, 0) is 44.0 Å². The minimum Gasteiger partial charge on any atom is -0.494 e. The van der Waals surface area contributed by atoms with E-state index in [0.29, 0.717) is 24.9 Å². The van der Waals surface area contributed by atoms with Crippen LogP contribution in [0.2, 0.25) is 0 Å². The van der Waals surface area contributed by atoms with Crippen molar-refractivity contribution in [3.05, 3.63) is 30.2 Å². The van der Waals surface area contributed by atoms with Crippen LogP contribution < -0.4 is 10.1 Å². The normalized spacial score (nSPS) is 16.6. The van der Waals surface area contributed by atoms with E-state index in [0.717, 1.165) is 37.0 Å². The molecule has 2 aromatic rings. The minimum absolute atomic E-state index is 0.146. The van der Waals surface area contributed by atoms with Gasteiger partial charge in [0.2, 0.25) is 11.7 Å². The molecule has 0 radical (unpaired) electrons. The van der Waals surface area contributed by atoms with Crippen molar-refractivity contribution in [2.24, 2.45) is 0 Å². The molecule has 1 saturated carbocycles. The number of benzene rings is 1. The molecule has 1 aliphatic rings. The number of hydrogen-bond donors (Lipinski definition) is 2. The quantitative estimate of drug-likeness (QED) is 0.817. The second-order valence-corrected chi connectivity index (χ2v) is 5.97. The lowest BCUT2D eigenvalue weighted by atomic mass is 9.99. The van der Waals surface area contributed by atoms with Gasteiger partial charge in [0.05, 0.1) is 19.8 Å². The molecule has 124 valence electrons. The monoisotopic (exact) mass is 317 g/mol. The minimum atomic E-state index is -0.187. The molecule has 23 heavy (non-hydrogen) atoms. The lowest BCUT2D eigenvalue weighted by Gasteiger charge is -2.27. The van der Waals surface area contributed by atoms with Crippen LogP contribution in [-0.2, 0) is 6.54 Å². The molecule has 2 N–H and O–H groups in total. The Morgan fingerprint density at radius 2 is 2.00 bits per heavy atom. The molecule has 6 nitrogen and oxygen atoms in total. The third kappa shape index (κ3) is 3.71. The van der Waals surface area contributed by atoms with Crippen molar-refractivity contribution in [1.82, 2.24) is 15.5 Å². The van der Waals surface area contributed by atoms with Gasteiger partial charge in [-0.2, -0.15) is 4.98 Å². The van der Waals surface area contributed by atoms with Crippen molar-refractivity contribution in [1.29, 1.82) is 0 Å². The fraction of sp³-hybridized carbons (Fsp3) is 0.529. The summed E-state index contributed by atoms with van der Waals surface area (Å²) >= 11 is 0. The molecule has 0 unspecified atom stereocenters. The maximum Gasteiger partial charge on any atom is 0.240 e. The first-order valence-electron chi connectivity index (χ1n) is 8.16. The number of aliphatic hydroxyl groups is 1. The average molecular weight is 317 g/mol. The fourth-order valence-corrected chi connectivity index (χ4v) is 3.02. The van der Waals surface area contributed by atoms with Crippen LogP contribution in [0.3, 0.4) is 0 Å². The van der Waals surface area contributed by atoms with Gasteiger partial charge in [-0.15, -0.1) is 0 Å². The summed E-state index contributed by atoms with van der Waals surface area (Å²) in [6.45, 7) is 3.22. The topological polar surface area (TPSA) is 80.4 Å². The number of hydrogen-bond acceptors (Lipinski definition) is 6. The number of aromatic nitrogens is 2. The molecule has 3 rings (SSSR count). The molecule has 0 aliphatic heterocycles. The second kappa shape index (κ2) is 7.10. The predicted octanol–water partition coefficient (Wildman–Crippen LogP) is 2.53. The van der Waals surface area contributed by atoms with Gasteiger partial charge in [-0.1, -0.05) is 18.0 Å². The van der Waals surface area contributed by atoms with Gasteiger partial charge in [0, 0.05) is 11.1 Å². The second-order valence-electron chi connectivity index (χ2n) is 5.97. The first kappa shape index (κ1) is 16.0. The molecule has 0 bridgehead atoms. The number of nitrogens with zero attached hydrogens (tertiary/aromatic N) is 2. The molecule has 1 aromatic carbocycles. The molecule has 0 saturated heterocycles. The first-order chi connectivity index (χ1) is 11.2. The molecule has 1 heterocycles. The van der Waals surface area contributed by atoms with E-state index in [-0.39, 0.29) is 12.1 Å². The lowest BCUT2D eigenvalue weighted by Crippen LogP contribution is -2.45. The van der Waals surface area contributed by atoms with Crippen LogP contribution in [-0.4, -0.2) is 34.0 Å². The summed E-state index contributed by atoms with van der Waals surface area (Å²) in [5, 5.41) is 17.0. The number of nitrogens with one attached hydrogen (secondary N) is 1. The Kier molecular flexibility index (Phi) is 4.93. The van der Waals surface area contributed by atoms with E-state index in [4.69, 9.17) is 9.26 Å². The Morgan fingerprint density at radius 3 is 2.65 bits per heavy atom. The van der Waals surface area contributed by atoms with Crippen LogP contribution in [0.4, 0.5) is 0 Å². The molecule has 0 amide bonds. The Hall–Kier alpha value is -1.92. The zero-order valence-corrected chi connectivity index (χ0v) is 13.4. The van der Waals surface area contributed by atoms with Gasteiger partial charge in [0.15, 0.2) is 0 Å². The summed E-state index contributed by atoms with van der Waals surface area (Å²) in [5.41, 5.74) is 0.703. The van der Waals surface area contributed by atoms with Crippen molar-refractivity contribution < 1.29 is 14.4 Å². The Bertz CT molecular complexity index is 618. The summed E-state index contributed by atoms with van der Waals surface area (Å²) in [7, 11) is 0. The maximum atomic E-state index is 9.61. The molecule has 6 heteroatoms. The fourth-order valence-electron chi connectivity index (χ4n) is 3.02. The summed E-state index contributed by atoms with van der Waals surface area (Å²) in [4.78, 5) is 4.42. The van der Waals surface area contributed by atoms with Crippen LogP contribution in [0, 0.1) is 0 Å². The van der Waals surface area contributed by atoms with Crippen molar-refractivity contribution in [2.45, 2.75) is 44.7 Å². The Labute approximate surface area is 135 Å². The van der Waals surface area contributed by atoms with E-state index in [9.17, 15) is 5.11 Å². The van der Waals surface area contributed by atoms with Gasteiger partial charge < -0.3 is 19.7 Å². The molecular formula is C17H23N3O3. The SMILES string of the molecule is CCOc1ccc(-c2noc(CNC3(CO)CCCC3)n2)cc1. The van der Waals surface area contributed by atoms with Gasteiger partial charge in [-0.25, -0.2) is 0 Å². The van der Waals surface area contributed by atoms with Crippen LogP contribution >= 0.6 is 0 Å². The van der Waals surface area contributed by atoms with Gasteiger partial charge in [0.25, 0.3) is 0 Å². The highest BCUT2D eigenvalue weighted by Crippen LogP contribution is 2.29. The standard InChI is InChI=1S/C17H23N3O3/c1-2-22-14-7-5-13(6-8-14)16-19-15(23-20-16)11-18-17(12-21)9-3-4-10-17/h5-8,18,21H,2-4,9-12H2,1H3. The zero-order valence-electron chi connectivity index (χ0n) is 13.4. The third-order valence-corrected chi connectivity index (χ3v) is 4.37. The Balaban J connectivity index is 1.63. The van der Waals surface area contributed by atoms with Crippen molar-refractivity contribution >= 4 is 0 Å². The van der Waals surface area contributed by atoms with Crippen molar-refractivity contribution in [3.8, 4) is 17.1 Å². The summed E-state index contributed by atoms with van der Waals surface area (Å²) < 4.78 is 10.7. The predicted molar refractivity (Wildman–Crippen MR) is 86.0 cm³/mol. The number of ether oxygens (including phenoxy) is 1. The highest BCUT2D eigenvalue weighted by Gasteiger charge is 2.32. The number of rotatable bonds is 7. The van der Waals surface area contributed by atoms with E-state index in [1.807, 2.05) is 31.2 Å². The van der Waals surface area contributed by atoms with E-state index in [1.165, 1.54) is 0 Å². The van der Waals surface area contributed by atoms with E-state index < -0.39 is 0 Å². The molecule has 0 spiro atoms. The van der Waals surface area contributed by atoms with Crippen LogP contribution in [0.15, 0.2) is 28.8 Å². The third-order valence-electron chi connectivity index (χ3n) is 4.37. The van der Waals surface area contributed by atoms with Crippen molar-refractivity contribution in [2.75, 3.05) is 13.2 Å². The van der Waals surface area contributed by atoms with Crippen LogP contribution in [0.5, 0.6) is 5.75 Å². The van der Waals surface area contributed by atoms with E-state index >= 15 is 0 Å².